The van der Waals surface area contributed by atoms with Crippen LogP contribution in [-0.2, 0) is 11.3 Å². The lowest BCUT2D eigenvalue weighted by Gasteiger charge is -2.30. The number of hydrogen-bond acceptors (Lipinski definition) is 5. The molecule has 0 amide bonds. The summed E-state index contributed by atoms with van der Waals surface area (Å²) in [5.74, 6) is 0.766. The van der Waals surface area contributed by atoms with Crippen LogP contribution in [-0.4, -0.2) is 40.9 Å². The molecule has 0 radical (unpaired) electrons. The van der Waals surface area contributed by atoms with Crippen molar-refractivity contribution in [3.05, 3.63) is 53.7 Å². The van der Waals surface area contributed by atoms with Gasteiger partial charge in [0, 0.05) is 31.5 Å². The van der Waals surface area contributed by atoms with Gasteiger partial charge in [0.25, 0.3) is 0 Å². The Hall–Kier alpha value is -2.60. The first-order valence-electron chi connectivity index (χ1n) is 8.27. The number of hydrogen-bond donors (Lipinski definition) is 1. The lowest BCUT2D eigenvalue weighted by atomic mass is 10.1. The van der Waals surface area contributed by atoms with E-state index in [0.29, 0.717) is 6.54 Å². The quantitative estimate of drug-likeness (QED) is 0.799. The Morgan fingerprint density at radius 3 is 2.83 bits per heavy atom. The van der Waals surface area contributed by atoms with Crippen molar-refractivity contribution in [3.8, 4) is 0 Å². The molecule has 0 unspecified atom stereocenters. The first-order chi connectivity index (χ1) is 11.8. The van der Waals surface area contributed by atoms with E-state index in [1.165, 1.54) is 16.8 Å². The number of nitrogens with one attached hydrogen (secondary N) is 1. The molecular formula is C18H21N5O. The van der Waals surface area contributed by atoms with Crippen molar-refractivity contribution in [2.45, 2.75) is 13.5 Å². The summed E-state index contributed by atoms with van der Waals surface area (Å²) in [4.78, 5) is 2.38. The van der Waals surface area contributed by atoms with Crippen LogP contribution in [0.3, 0.4) is 0 Å². The fourth-order valence-electron chi connectivity index (χ4n) is 3.06. The molecule has 0 aliphatic carbocycles. The van der Waals surface area contributed by atoms with Gasteiger partial charge in [-0.25, -0.2) is 0 Å². The minimum absolute atomic E-state index is 0.711. The van der Waals surface area contributed by atoms with Gasteiger partial charge >= 0.3 is 0 Å². The average molecular weight is 323 g/mol. The number of para-hydroxylation sites is 1. The second-order valence-electron chi connectivity index (χ2n) is 6.04. The molecule has 0 bridgehead atoms. The van der Waals surface area contributed by atoms with Crippen molar-refractivity contribution in [3.63, 3.8) is 0 Å². The van der Waals surface area contributed by atoms with Crippen LogP contribution >= 0.6 is 0 Å². The molecule has 4 rings (SSSR count). The number of aryl methyl sites for hydroxylation is 1. The summed E-state index contributed by atoms with van der Waals surface area (Å²) in [6.45, 7) is 6.21. The number of anilines is 2. The molecule has 3 heterocycles. The van der Waals surface area contributed by atoms with Gasteiger partial charge < -0.3 is 15.0 Å². The van der Waals surface area contributed by atoms with E-state index in [0.717, 1.165) is 37.9 Å². The van der Waals surface area contributed by atoms with Crippen molar-refractivity contribution in [1.82, 2.24) is 14.6 Å². The van der Waals surface area contributed by atoms with Gasteiger partial charge in [0.05, 0.1) is 13.2 Å². The maximum absolute atomic E-state index is 5.46. The van der Waals surface area contributed by atoms with Gasteiger partial charge in [-0.15, -0.1) is 10.2 Å². The standard InChI is InChI=1S/C18H21N5O/c1-14-6-7-23-17(12-14)20-21-18(23)19-13-15-4-2-3-5-16(15)22-8-10-24-11-9-22/h2-7,12H,8-11,13H2,1H3,(H,19,21). The zero-order valence-corrected chi connectivity index (χ0v) is 13.8. The van der Waals surface area contributed by atoms with Crippen LogP contribution in [0, 0.1) is 6.92 Å². The van der Waals surface area contributed by atoms with E-state index in [2.05, 4.69) is 57.7 Å². The zero-order chi connectivity index (χ0) is 16.4. The Labute approximate surface area is 141 Å². The molecule has 24 heavy (non-hydrogen) atoms. The predicted molar refractivity (Wildman–Crippen MR) is 94.5 cm³/mol. The maximum Gasteiger partial charge on any atom is 0.229 e. The number of benzene rings is 1. The highest BCUT2D eigenvalue weighted by Crippen LogP contribution is 2.22. The lowest BCUT2D eigenvalue weighted by molar-refractivity contribution is 0.122. The molecule has 1 aliphatic rings. The molecule has 0 spiro atoms. The van der Waals surface area contributed by atoms with E-state index in [1.54, 1.807) is 0 Å². The van der Waals surface area contributed by atoms with Crippen LogP contribution in [0.5, 0.6) is 0 Å². The van der Waals surface area contributed by atoms with E-state index in [4.69, 9.17) is 4.74 Å². The number of nitrogens with zero attached hydrogens (tertiary/aromatic N) is 4. The van der Waals surface area contributed by atoms with Crippen molar-refractivity contribution in [2.24, 2.45) is 0 Å². The molecule has 124 valence electrons. The maximum atomic E-state index is 5.46. The fraction of sp³-hybridized carbons (Fsp3) is 0.333. The van der Waals surface area contributed by atoms with Crippen LogP contribution < -0.4 is 10.2 Å². The van der Waals surface area contributed by atoms with Gasteiger partial charge in [0.2, 0.25) is 5.95 Å². The minimum atomic E-state index is 0.711. The molecule has 6 nitrogen and oxygen atoms in total. The van der Waals surface area contributed by atoms with Crippen molar-refractivity contribution < 1.29 is 4.74 Å². The van der Waals surface area contributed by atoms with Gasteiger partial charge in [-0.2, -0.15) is 0 Å². The van der Waals surface area contributed by atoms with Gasteiger partial charge in [-0.1, -0.05) is 18.2 Å². The van der Waals surface area contributed by atoms with Crippen molar-refractivity contribution in [1.29, 1.82) is 0 Å². The van der Waals surface area contributed by atoms with Gasteiger partial charge in [0.15, 0.2) is 5.65 Å². The molecule has 6 heteroatoms. The van der Waals surface area contributed by atoms with Crippen molar-refractivity contribution >= 4 is 17.3 Å². The number of rotatable bonds is 4. The fourth-order valence-corrected chi connectivity index (χ4v) is 3.06. The second kappa shape index (κ2) is 6.49. The molecule has 1 fully saturated rings. The molecule has 1 saturated heterocycles. The molecule has 1 aliphatic heterocycles. The summed E-state index contributed by atoms with van der Waals surface area (Å²) in [7, 11) is 0. The number of ether oxygens (including phenoxy) is 1. The highest BCUT2D eigenvalue weighted by molar-refractivity contribution is 5.55. The third-order valence-electron chi connectivity index (χ3n) is 4.35. The molecule has 1 N–H and O–H groups in total. The Kier molecular flexibility index (Phi) is 4.04. The van der Waals surface area contributed by atoms with Crippen LogP contribution in [0.15, 0.2) is 42.6 Å². The molecule has 2 aromatic heterocycles. The zero-order valence-electron chi connectivity index (χ0n) is 13.8. The first-order valence-corrected chi connectivity index (χ1v) is 8.27. The topological polar surface area (TPSA) is 54.7 Å². The summed E-state index contributed by atoms with van der Waals surface area (Å²) in [6.07, 6.45) is 2.00. The SMILES string of the molecule is Cc1ccn2c(NCc3ccccc3N3CCOCC3)nnc2c1. The Morgan fingerprint density at radius 2 is 1.96 bits per heavy atom. The van der Waals surface area contributed by atoms with Crippen LogP contribution in [0.2, 0.25) is 0 Å². The Bertz CT molecular complexity index is 838. The predicted octanol–water partition coefficient (Wildman–Crippen LogP) is 2.49. The van der Waals surface area contributed by atoms with Gasteiger partial charge in [-0.05, 0) is 36.2 Å². The van der Waals surface area contributed by atoms with E-state index < -0.39 is 0 Å². The second-order valence-corrected chi connectivity index (χ2v) is 6.04. The minimum Gasteiger partial charge on any atom is -0.378 e. The normalized spacial score (nSPS) is 15.0. The van der Waals surface area contributed by atoms with Gasteiger partial charge in [0.1, 0.15) is 0 Å². The molecule has 0 atom stereocenters. The monoisotopic (exact) mass is 323 g/mol. The summed E-state index contributed by atoms with van der Waals surface area (Å²) in [5, 5.41) is 11.9. The van der Waals surface area contributed by atoms with E-state index in [-0.39, 0.29) is 0 Å². The van der Waals surface area contributed by atoms with Crippen molar-refractivity contribution in [2.75, 3.05) is 36.5 Å². The highest BCUT2D eigenvalue weighted by Gasteiger charge is 2.14. The number of pyridine rings is 1. The summed E-state index contributed by atoms with van der Waals surface area (Å²) in [5.41, 5.74) is 4.55. The molecular weight excluding hydrogens is 302 g/mol. The average Bonchev–Trinajstić information content (AvgIpc) is 3.03. The van der Waals surface area contributed by atoms with Crippen LogP contribution in [0.4, 0.5) is 11.6 Å². The highest BCUT2D eigenvalue weighted by atomic mass is 16.5. The molecule has 0 saturated carbocycles. The van der Waals surface area contributed by atoms with Gasteiger partial charge in [-0.3, -0.25) is 4.40 Å². The van der Waals surface area contributed by atoms with Crippen LogP contribution in [0.1, 0.15) is 11.1 Å². The first kappa shape index (κ1) is 15.0. The van der Waals surface area contributed by atoms with E-state index in [1.807, 2.05) is 16.7 Å². The van der Waals surface area contributed by atoms with E-state index >= 15 is 0 Å². The Morgan fingerprint density at radius 1 is 1.12 bits per heavy atom. The smallest absolute Gasteiger partial charge is 0.229 e. The number of fused-ring (bicyclic) bond motifs is 1. The van der Waals surface area contributed by atoms with Crippen LogP contribution in [0.25, 0.3) is 5.65 Å². The molecule has 3 aromatic rings. The Balaban J connectivity index is 1.55. The summed E-state index contributed by atoms with van der Waals surface area (Å²) >= 11 is 0. The lowest BCUT2D eigenvalue weighted by Crippen LogP contribution is -2.36. The van der Waals surface area contributed by atoms with E-state index in [9.17, 15) is 0 Å². The third kappa shape index (κ3) is 2.92. The molecule has 1 aromatic carbocycles. The summed E-state index contributed by atoms with van der Waals surface area (Å²) in [6, 6.07) is 12.6. The largest absolute Gasteiger partial charge is 0.378 e. The summed E-state index contributed by atoms with van der Waals surface area (Å²) < 4.78 is 7.44. The number of morpholine rings is 1. The third-order valence-corrected chi connectivity index (χ3v) is 4.35. The number of aromatic nitrogens is 3.